The van der Waals surface area contributed by atoms with Gasteiger partial charge in [-0.3, -0.25) is 14.2 Å². The first-order valence-electron chi connectivity index (χ1n) is 9.29. The van der Waals surface area contributed by atoms with E-state index in [-0.39, 0.29) is 17.2 Å². The maximum absolute atomic E-state index is 13.2. The van der Waals surface area contributed by atoms with Crippen LogP contribution in [0, 0.1) is 0 Å². The molecular weight excluding hydrogens is 398 g/mol. The van der Waals surface area contributed by atoms with Crippen molar-refractivity contribution in [1.29, 1.82) is 0 Å². The predicted molar refractivity (Wildman–Crippen MR) is 120 cm³/mol. The van der Waals surface area contributed by atoms with Crippen molar-refractivity contribution in [2.75, 3.05) is 18.2 Å². The second kappa shape index (κ2) is 8.84. The summed E-state index contributed by atoms with van der Waals surface area (Å²) in [5.41, 5.74) is 1.79. The summed E-state index contributed by atoms with van der Waals surface area (Å²) in [5.74, 6) is 0.641. The van der Waals surface area contributed by atoms with E-state index in [0.29, 0.717) is 27.5 Å². The number of nitrogens with one attached hydrogen (secondary N) is 1. The van der Waals surface area contributed by atoms with E-state index in [9.17, 15) is 9.59 Å². The molecule has 4 aromatic rings. The molecule has 4 rings (SSSR count). The van der Waals surface area contributed by atoms with Crippen molar-refractivity contribution >= 4 is 34.3 Å². The number of carbonyl (C=O) groups is 1. The van der Waals surface area contributed by atoms with Gasteiger partial charge >= 0.3 is 0 Å². The highest BCUT2D eigenvalue weighted by molar-refractivity contribution is 7.99. The Morgan fingerprint density at radius 1 is 1.00 bits per heavy atom. The van der Waals surface area contributed by atoms with Crippen molar-refractivity contribution in [2.45, 2.75) is 5.16 Å². The number of thioether (sulfide) groups is 1. The molecule has 0 atom stereocenters. The van der Waals surface area contributed by atoms with E-state index in [4.69, 9.17) is 4.74 Å². The summed E-state index contributed by atoms with van der Waals surface area (Å²) in [7, 11) is 1.59. The molecule has 0 saturated carbocycles. The molecule has 1 amide bonds. The fourth-order valence-electron chi connectivity index (χ4n) is 3.02. The number of carbonyl (C=O) groups excluding carboxylic acids is 1. The first-order valence-corrected chi connectivity index (χ1v) is 10.3. The SMILES string of the molecule is COc1ccc(-n2c(SCC(=O)Nc3ccccc3)nc3ccccc3c2=O)cc1. The number of nitrogens with zero attached hydrogens (tertiary/aromatic N) is 2. The molecule has 7 heteroatoms. The van der Waals surface area contributed by atoms with Crippen molar-refractivity contribution in [3.05, 3.63) is 89.2 Å². The molecule has 0 fully saturated rings. The van der Waals surface area contributed by atoms with E-state index in [1.165, 1.54) is 16.3 Å². The van der Waals surface area contributed by atoms with Gasteiger partial charge in [0.05, 0.1) is 29.5 Å². The maximum Gasteiger partial charge on any atom is 0.266 e. The highest BCUT2D eigenvalue weighted by Gasteiger charge is 2.15. The molecule has 0 aliphatic rings. The first-order chi connectivity index (χ1) is 14.7. The van der Waals surface area contributed by atoms with Crippen molar-refractivity contribution < 1.29 is 9.53 Å². The van der Waals surface area contributed by atoms with Crippen molar-refractivity contribution in [1.82, 2.24) is 9.55 Å². The number of benzene rings is 3. The molecular formula is C23H19N3O3S. The monoisotopic (exact) mass is 417 g/mol. The van der Waals surface area contributed by atoms with E-state index in [2.05, 4.69) is 10.3 Å². The van der Waals surface area contributed by atoms with E-state index < -0.39 is 0 Å². The molecule has 30 heavy (non-hydrogen) atoms. The van der Waals surface area contributed by atoms with Crippen LogP contribution in [0.4, 0.5) is 5.69 Å². The Kier molecular flexibility index (Phi) is 5.81. The van der Waals surface area contributed by atoms with Gasteiger partial charge in [0, 0.05) is 5.69 Å². The van der Waals surface area contributed by atoms with Gasteiger partial charge in [0.25, 0.3) is 5.56 Å². The van der Waals surface area contributed by atoms with Crippen LogP contribution in [0.1, 0.15) is 0 Å². The number of methoxy groups -OCH3 is 1. The highest BCUT2D eigenvalue weighted by atomic mass is 32.2. The quantitative estimate of drug-likeness (QED) is 0.377. The molecule has 1 heterocycles. The third kappa shape index (κ3) is 4.21. The van der Waals surface area contributed by atoms with Crippen molar-refractivity contribution in [3.8, 4) is 11.4 Å². The number of para-hydroxylation sites is 2. The maximum atomic E-state index is 13.2. The molecule has 0 saturated heterocycles. The number of amides is 1. The summed E-state index contributed by atoms with van der Waals surface area (Å²) in [6.45, 7) is 0. The van der Waals surface area contributed by atoms with Gasteiger partial charge in [-0.1, -0.05) is 42.1 Å². The Morgan fingerprint density at radius 2 is 1.70 bits per heavy atom. The lowest BCUT2D eigenvalue weighted by Crippen LogP contribution is -2.23. The number of ether oxygens (including phenoxy) is 1. The smallest absolute Gasteiger partial charge is 0.266 e. The zero-order valence-corrected chi connectivity index (χ0v) is 17.1. The standard InChI is InChI=1S/C23H19N3O3S/c1-29-18-13-11-17(12-14-18)26-22(28)19-9-5-6-10-20(19)25-23(26)30-15-21(27)24-16-7-3-2-4-8-16/h2-14H,15H2,1H3,(H,24,27). The average Bonchev–Trinajstić information content (AvgIpc) is 2.79. The van der Waals surface area contributed by atoms with Gasteiger partial charge < -0.3 is 10.1 Å². The van der Waals surface area contributed by atoms with Crippen LogP contribution in [0.5, 0.6) is 5.75 Å². The minimum Gasteiger partial charge on any atom is -0.497 e. The van der Waals surface area contributed by atoms with Gasteiger partial charge in [0.1, 0.15) is 5.75 Å². The predicted octanol–water partition coefficient (Wildman–Crippen LogP) is 4.13. The van der Waals surface area contributed by atoms with Gasteiger partial charge in [0.15, 0.2) is 5.16 Å². The molecule has 6 nitrogen and oxygen atoms in total. The van der Waals surface area contributed by atoms with Crippen LogP contribution in [0.2, 0.25) is 0 Å². The third-order valence-corrected chi connectivity index (χ3v) is 5.40. The average molecular weight is 417 g/mol. The number of hydrogen-bond donors (Lipinski definition) is 1. The Hall–Kier alpha value is -3.58. The molecule has 1 aromatic heterocycles. The van der Waals surface area contributed by atoms with Crippen molar-refractivity contribution in [2.24, 2.45) is 0 Å². The Bertz CT molecular complexity index is 1240. The van der Waals surface area contributed by atoms with Gasteiger partial charge in [-0.05, 0) is 48.5 Å². The highest BCUT2D eigenvalue weighted by Crippen LogP contribution is 2.23. The first kappa shape index (κ1) is 19.7. The molecule has 3 aromatic carbocycles. The molecule has 0 unspecified atom stereocenters. The Morgan fingerprint density at radius 3 is 2.43 bits per heavy atom. The van der Waals surface area contributed by atoms with Gasteiger partial charge in [-0.15, -0.1) is 0 Å². The van der Waals surface area contributed by atoms with Crippen LogP contribution < -0.4 is 15.6 Å². The zero-order valence-electron chi connectivity index (χ0n) is 16.2. The molecule has 1 N–H and O–H groups in total. The van der Waals surface area contributed by atoms with Gasteiger partial charge in [-0.25, -0.2) is 4.98 Å². The summed E-state index contributed by atoms with van der Waals surface area (Å²) in [6, 6.07) is 23.6. The second-order valence-corrected chi connectivity index (χ2v) is 7.40. The molecule has 0 radical (unpaired) electrons. The number of fused-ring (bicyclic) bond motifs is 1. The lowest BCUT2D eigenvalue weighted by Gasteiger charge is -2.13. The Balaban J connectivity index is 1.68. The topological polar surface area (TPSA) is 73.2 Å². The molecule has 0 spiro atoms. The summed E-state index contributed by atoms with van der Waals surface area (Å²) in [5, 5.41) is 3.82. The van der Waals surface area contributed by atoms with E-state index in [0.717, 1.165) is 5.69 Å². The Labute approximate surface area is 177 Å². The molecule has 0 bridgehead atoms. The molecule has 0 aliphatic heterocycles. The minimum absolute atomic E-state index is 0.121. The lowest BCUT2D eigenvalue weighted by atomic mass is 10.2. The minimum atomic E-state index is -0.184. The summed E-state index contributed by atoms with van der Waals surface area (Å²) in [4.78, 5) is 30.3. The number of aromatic nitrogens is 2. The number of anilines is 1. The summed E-state index contributed by atoms with van der Waals surface area (Å²) >= 11 is 1.22. The van der Waals surface area contributed by atoms with E-state index in [1.54, 1.807) is 43.5 Å². The molecule has 150 valence electrons. The van der Waals surface area contributed by atoms with Crippen LogP contribution in [0.25, 0.3) is 16.6 Å². The number of rotatable bonds is 6. The number of hydrogen-bond acceptors (Lipinski definition) is 5. The summed E-state index contributed by atoms with van der Waals surface area (Å²) < 4.78 is 6.74. The van der Waals surface area contributed by atoms with Crippen LogP contribution in [0.3, 0.4) is 0 Å². The van der Waals surface area contributed by atoms with Gasteiger partial charge in [0.2, 0.25) is 5.91 Å². The van der Waals surface area contributed by atoms with E-state index >= 15 is 0 Å². The van der Waals surface area contributed by atoms with Crippen LogP contribution >= 0.6 is 11.8 Å². The van der Waals surface area contributed by atoms with Crippen LogP contribution in [0.15, 0.2) is 88.8 Å². The third-order valence-electron chi connectivity index (χ3n) is 4.47. The van der Waals surface area contributed by atoms with Gasteiger partial charge in [-0.2, -0.15) is 0 Å². The van der Waals surface area contributed by atoms with E-state index in [1.807, 2.05) is 42.5 Å². The van der Waals surface area contributed by atoms with Crippen molar-refractivity contribution in [3.63, 3.8) is 0 Å². The van der Waals surface area contributed by atoms with Crippen LogP contribution in [-0.4, -0.2) is 28.3 Å². The molecule has 0 aliphatic carbocycles. The second-order valence-electron chi connectivity index (χ2n) is 6.45. The van der Waals surface area contributed by atoms with Crippen LogP contribution in [-0.2, 0) is 4.79 Å². The zero-order chi connectivity index (χ0) is 20.9. The normalized spacial score (nSPS) is 10.7. The largest absolute Gasteiger partial charge is 0.497 e. The fraction of sp³-hybridized carbons (Fsp3) is 0.0870. The summed E-state index contributed by atoms with van der Waals surface area (Å²) in [6.07, 6.45) is 0. The fourth-order valence-corrected chi connectivity index (χ4v) is 3.83. The lowest BCUT2D eigenvalue weighted by molar-refractivity contribution is -0.113.